The average molecular weight is 341 g/mol. The van der Waals surface area contributed by atoms with Gasteiger partial charge in [0.25, 0.3) is 5.54 Å². The van der Waals surface area contributed by atoms with Crippen LogP contribution in [0, 0.1) is 12.5 Å². The van der Waals surface area contributed by atoms with Gasteiger partial charge in [-0.2, -0.15) is 0 Å². The van der Waals surface area contributed by atoms with Crippen LogP contribution in [0.3, 0.4) is 0 Å². The first kappa shape index (κ1) is 17.8. The van der Waals surface area contributed by atoms with Crippen LogP contribution in [0.5, 0.6) is 11.5 Å². The van der Waals surface area contributed by atoms with Crippen molar-refractivity contribution in [3.05, 3.63) is 35.2 Å². The fraction of sp³-hybridized carbons (Fsp3) is 0.619. The molecule has 0 spiro atoms. The van der Waals surface area contributed by atoms with E-state index in [1.807, 2.05) is 18.2 Å². The maximum absolute atomic E-state index is 11.7. The molecule has 0 radical (unpaired) electrons. The largest absolute Gasteiger partial charge is 0.493 e. The Balaban J connectivity index is 1.85. The summed E-state index contributed by atoms with van der Waals surface area (Å²) in [6.07, 6.45) is 7.90. The minimum absolute atomic E-state index is 0.113. The number of hydrogen-bond donors (Lipinski definition) is 0. The van der Waals surface area contributed by atoms with E-state index in [2.05, 4.69) is 4.85 Å². The first-order valence-corrected chi connectivity index (χ1v) is 9.32. The lowest BCUT2D eigenvalue weighted by atomic mass is 9.72. The number of hydrogen-bond acceptors (Lipinski definition) is 3. The van der Waals surface area contributed by atoms with Crippen molar-refractivity contribution in [2.24, 2.45) is 5.92 Å². The Morgan fingerprint density at radius 2 is 1.84 bits per heavy atom. The van der Waals surface area contributed by atoms with Gasteiger partial charge in [-0.25, -0.2) is 6.57 Å². The number of carbonyl (C=O) groups is 1. The van der Waals surface area contributed by atoms with E-state index in [1.165, 1.54) is 12.8 Å². The molecule has 0 aromatic heterocycles. The average Bonchev–Trinajstić information content (AvgIpc) is 3.14. The number of Topliss-reactive ketones (excluding diaryl/α,β-unsaturated/α-hetero) is 1. The summed E-state index contributed by atoms with van der Waals surface area (Å²) >= 11 is 0. The van der Waals surface area contributed by atoms with Crippen molar-refractivity contribution >= 4 is 5.78 Å². The molecule has 1 aromatic rings. The van der Waals surface area contributed by atoms with E-state index in [9.17, 15) is 4.79 Å². The van der Waals surface area contributed by atoms with Crippen LogP contribution in [-0.2, 0) is 10.3 Å². The van der Waals surface area contributed by atoms with Gasteiger partial charge in [0.2, 0.25) is 0 Å². The van der Waals surface area contributed by atoms with Crippen molar-refractivity contribution in [1.29, 1.82) is 0 Å². The van der Waals surface area contributed by atoms with E-state index >= 15 is 0 Å². The Hall–Kier alpha value is -2.02. The number of methoxy groups -OCH3 is 1. The molecule has 2 fully saturated rings. The third-order valence-corrected chi connectivity index (χ3v) is 5.90. The Labute approximate surface area is 150 Å². The second-order valence-corrected chi connectivity index (χ2v) is 7.42. The third-order valence-electron chi connectivity index (χ3n) is 5.90. The SMILES string of the molecule is [C-]#[N+]C1(c2ccc(OC)c(OC3CCCC3)c2)CCC(C(C)=O)CC1. The minimum Gasteiger partial charge on any atom is -0.493 e. The molecular formula is C21H27NO3. The molecule has 2 aliphatic carbocycles. The fourth-order valence-corrected chi connectivity index (χ4v) is 4.21. The molecule has 25 heavy (non-hydrogen) atoms. The molecule has 134 valence electrons. The summed E-state index contributed by atoms with van der Waals surface area (Å²) in [6.45, 7) is 9.48. The Morgan fingerprint density at radius 1 is 1.16 bits per heavy atom. The lowest BCUT2D eigenvalue weighted by molar-refractivity contribution is -0.121. The number of nitrogens with zero attached hydrogens (tertiary/aromatic N) is 1. The molecule has 4 nitrogen and oxygen atoms in total. The second kappa shape index (κ2) is 7.47. The molecule has 0 bridgehead atoms. The molecule has 0 heterocycles. The molecule has 0 saturated heterocycles. The standard InChI is InChI=1S/C21H27NO3/c1-15(23)16-10-12-21(22-2,13-11-16)17-8-9-19(24-3)20(14-17)25-18-6-4-5-7-18/h8-9,14,16,18H,4-7,10-13H2,1,3H3. The van der Waals surface area contributed by atoms with Gasteiger partial charge in [0.15, 0.2) is 11.5 Å². The summed E-state index contributed by atoms with van der Waals surface area (Å²) in [6, 6.07) is 5.92. The highest BCUT2D eigenvalue weighted by Crippen LogP contribution is 2.45. The van der Waals surface area contributed by atoms with Crippen molar-refractivity contribution in [2.45, 2.75) is 69.9 Å². The molecule has 0 atom stereocenters. The molecule has 0 aliphatic heterocycles. The van der Waals surface area contributed by atoms with Gasteiger partial charge in [-0.15, -0.1) is 0 Å². The molecular weight excluding hydrogens is 314 g/mol. The van der Waals surface area contributed by atoms with Crippen LogP contribution in [-0.4, -0.2) is 19.0 Å². The summed E-state index contributed by atoms with van der Waals surface area (Å²) in [5.74, 6) is 1.85. The van der Waals surface area contributed by atoms with Gasteiger partial charge in [0.05, 0.1) is 13.2 Å². The monoisotopic (exact) mass is 341 g/mol. The highest BCUT2D eigenvalue weighted by atomic mass is 16.5. The van der Waals surface area contributed by atoms with Crippen LogP contribution in [0.4, 0.5) is 0 Å². The van der Waals surface area contributed by atoms with Crippen molar-refractivity contribution in [1.82, 2.24) is 0 Å². The molecule has 2 aliphatic rings. The normalized spacial score (nSPS) is 26.8. The smallest absolute Gasteiger partial charge is 0.257 e. The van der Waals surface area contributed by atoms with E-state index in [-0.39, 0.29) is 17.8 Å². The minimum atomic E-state index is -0.536. The summed E-state index contributed by atoms with van der Waals surface area (Å²) in [5, 5.41) is 0. The van der Waals surface area contributed by atoms with Crippen LogP contribution in [0.1, 0.15) is 63.9 Å². The summed E-state index contributed by atoms with van der Waals surface area (Å²) in [7, 11) is 1.65. The van der Waals surface area contributed by atoms with Crippen molar-refractivity contribution in [3.63, 3.8) is 0 Å². The zero-order valence-corrected chi connectivity index (χ0v) is 15.2. The highest BCUT2D eigenvalue weighted by molar-refractivity contribution is 5.78. The number of rotatable bonds is 5. The molecule has 4 heteroatoms. The maximum atomic E-state index is 11.7. The zero-order chi connectivity index (χ0) is 17.9. The molecule has 0 amide bonds. The summed E-state index contributed by atoms with van der Waals surface area (Å²) in [5.41, 5.74) is 0.463. The zero-order valence-electron chi connectivity index (χ0n) is 15.2. The van der Waals surface area contributed by atoms with Crippen LogP contribution in [0.15, 0.2) is 18.2 Å². The van der Waals surface area contributed by atoms with Crippen LogP contribution < -0.4 is 9.47 Å². The van der Waals surface area contributed by atoms with Crippen molar-refractivity contribution in [3.8, 4) is 11.5 Å². The number of ketones is 1. The lowest BCUT2D eigenvalue weighted by Gasteiger charge is -2.31. The van der Waals surface area contributed by atoms with E-state index < -0.39 is 5.54 Å². The van der Waals surface area contributed by atoms with Crippen molar-refractivity contribution in [2.75, 3.05) is 7.11 Å². The van der Waals surface area contributed by atoms with E-state index in [0.717, 1.165) is 55.6 Å². The first-order chi connectivity index (χ1) is 12.1. The van der Waals surface area contributed by atoms with Gasteiger partial charge in [-0.1, -0.05) is 0 Å². The van der Waals surface area contributed by atoms with Gasteiger partial charge in [0.1, 0.15) is 5.78 Å². The number of benzene rings is 1. The van der Waals surface area contributed by atoms with Gasteiger partial charge < -0.3 is 14.3 Å². The quantitative estimate of drug-likeness (QED) is 0.714. The lowest BCUT2D eigenvalue weighted by Crippen LogP contribution is -2.31. The van der Waals surface area contributed by atoms with Gasteiger partial charge in [-0.3, -0.25) is 4.79 Å². The topological polar surface area (TPSA) is 39.9 Å². The maximum Gasteiger partial charge on any atom is 0.257 e. The highest BCUT2D eigenvalue weighted by Gasteiger charge is 2.44. The van der Waals surface area contributed by atoms with Crippen LogP contribution in [0.25, 0.3) is 4.85 Å². The Morgan fingerprint density at radius 3 is 2.40 bits per heavy atom. The number of ether oxygens (including phenoxy) is 2. The first-order valence-electron chi connectivity index (χ1n) is 9.32. The fourth-order valence-electron chi connectivity index (χ4n) is 4.21. The van der Waals surface area contributed by atoms with Crippen LogP contribution in [0.2, 0.25) is 0 Å². The number of carbonyl (C=O) groups excluding carboxylic acids is 1. The molecule has 1 aromatic carbocycles. The van der Waals surface area contributed by atoms with E-state index in [0.29, 0.717) is 0 Å². The predicted molar refractivity (Wildman–Crippen MR) is 96.8 cm³/mol. The summed E-state index contributed by atoms with van der Waals surface area (Å²) in [4.78, 5) is 15.7. The van der Waals surface area contributed by atoms with E-state index in [4.69, 9.17) is 16.0 Å². The van der Waals surface area contributed by atoms with Crippen molar-refractivity contribution < 1.29 is 14.3 Å². The van der Waals surface area contributed by atoms with Gasteiger partial charge in [0, 0.05) is 24.3 Å². The Kier molecular flexibility index (Phi) is 5.32. The van der Waals surface area contributed by atoms with Gasteiger partial charge >= 0.3 is 0 Å². The molecule has 0 N–H and O–H groups in total. The molecule has 0 unspecified atom stereocenters. The van der Waals surface area contributed by atoms with E-state index in [1.54, 1.807) is 14.0 Å². The second-order valence-electron chi connectivity index (χ2n) is 7.42. The Bertz CT molecular complexity index is 662. The predicted octanol–water partition coefficient (Wildman–Crippen LogP) is 4.91. The third kappa shape index (κ3) is 3.66. The van der Waals surface area contributed by atoms with Gasteiger partial charge in [-0.05, 0) is 63.6 Å². The van der Waals surface area contributed by atoms with Crippen LogP contribution >= 0.6 is 0 Å². The molecule has 3 rings (SSSR count). The molecule has 2 saturated carbocycles. The summed E-state index contributed by atoms with van der Waals surface area (Å²) < 4.78 is 11.7.